The van der Waals surface area contributed by atoms with Crippen LogP contribution in [-0.4, -0.2) is 35.3 Å². The molecule has 0 rings (SSSR count). The maximum atomic E-state index is 12.3. The second-order valence-corrected chi connectivity index (χ2v) is 7.79. The zero-order chi connectivity index (χ0) is 30.1. The Bertz CT molecular complexity index is 818. The number of hydrogen-bond donors (Lipinski definition) is 0. The summed E-state index contributed by atoms with van der Waals surface area (Å²) in [6.07, 6.45) is 0.0794. The summed E-state index contributed by atoms with van der Waals surface area (Å²) in [4.78, 5) is 65.3. The van der Waals surface area contributed by atoms with Crippen LogP contribution in [0.2, 0.25) is 0 Å². The number of hydrogen-bond acceptors (Lipinski definition) is 9. The van der Waals surface area contributed by atoms with Crippen molar-refractivity contribution in [3.8, 4) is 0 Å². The van der Waals surface area contributed by atoms with Crippen LogP contribution < -0.4 is 15.3 Å². The number of carboxylic acid groups (broad SMARTS) is 3. The Morgan fingerprint density at radius 3 is 0.667 bits per heavy atom. The molecule has 0 atom stereocenters. The summed E-state index contributed by atoms with van der Waals surface area (Å²) in [6, 6.07) is 0. The first-order chi connectivity index (χ1) is 16.1. The molecule has 0 bridgehead atoms. The molecule has 36 heavy (non-hydrogen) atoms. The van der Waals surface area contributed by atoms with E-state index in [0.29, 0.717) is 0 Å². The summed E-state index contributed by atoms with van der Waals surface area (Å²) in [5, 5.41) is 28.5. The maximum absolute atomic E-state index is 12.3. The summed E-state index contributed by atoms with van der Waals surface area (Å²) >= 11 is 0. The zero-order valence-corrected chi connectivity index (χ0v) is 22.1. The van der Waals surface area contributed by atoms with E-state index in [1.807, 2.05) is 0 Å². The first kappa shape index (κ1) is 39.1. The van der Waals surface area contributed by atoms with Crippen LogP contribution in [-0.2, 0) is 28.8 Å². The smallest absolute Gasteiger partial charge is 0.179 e. The van der Waals surface area contributed by atoms with E-state index >= 15 is 0 Å². The highest BCUT2D eigenvalue weighted by Gasteiger charge is 2.50. The highest BCUT2D eigenvalue weighted by molar-refractivity contribution is 6.34. The molecule has 0 saturated carbocycles. The first-order valence-corrected chi connectivity index (χ1v) is 10.3. The highest BCUT2D eigenvalue weighted by Crippen LogP contribution is 2.33. The van der Waals surface area contributed by atoms with E-state index in [-0.39, 0.29) is 39.9 Å². The molecule has 0 aliphatic heterocycles. The van der Waals surface area contributed by atoms with Gasteiger partial charge in [0.1, 0.15) is 0 Å². The topological polar surface area (TPSA) is 172 Å². The number of ketones is 3. The van der Waals surface area contributed by atoms with Crippen LogP contribution in [0.5, 0.6) is 0 Å². The molecule has 9 heteroatoms. The lowest BCUT2D eigenvalue weighted by Gasteiger charge is -2.28. The summed E-state index contributed by atoms with van der Waals surface area (Å²) in [5.74, 6) is -5.21. The SMILES string of the molecule is C=C(C)C(=O)C(CC)(C(=O)C(=C)C)C(=O)C(=C)C.C=C(C)C(=O)[O-].C=C(C)C(=O)[O-].C=C(C)C(=O)[O-]. The van der Waals surface area contributed by atoms with Gasteiger partial charge < -0.3 is 29.7 Å². The fraction of sp³-hybridized carbons (Fsp3) is 0.333. The van der Waals surface area contributed by atoms with Gasteiger partial charge in [0.25, 0.3) is 0 Å². The number of Topliss-reactive ketones (excluding diaryl/α,β-unsaturated/α-hetero) is 3. The quantitative estimate of drug-likeness (QED) is 0.308. The Labute approximate surface area is 212 Å². The van der Waals surface area contributed by atoms with E-state index in [4.69, 9.17) is 0 Å². The monoisotopic (exact) mass is 503 g/mol. The molecule has 0 amide bonds. The average molecular weight is 504 g/mol. The number of carboxylic acids is 3. The Hall–Kier alpha value is -4.14. The van der Waals surface area contributed by atoms with Gasteiger partial charge in [-0.25, -0.2) is 0 Å². The van der Waals surface area contributed by atoms with Crippen LogP contribution >= 0.6 is 0 Å². The summed E-state index contributed by atoms with van der Waals surface area (Å²) < 4.78 is 0. The number of aliphatic carboxylic acids is 3. The van der Waals surface area contributed by atoms with Gasteiger partial charge in [0.2, 0.25) is 0 Å². The van der Waals surface area contributed by atoms with Crippen molar-refractivity contribution in [2.75, 3.05) is 0 Å². The van der Waals surface area contributed by atoms with Crippen molar-refractivity contribution < 1.29 is 44.1 Å². The molecule has 200 valence electrons. The molecule has 0 fully saturated rings. The minimum Gasteiger partial charge on any atom is -0.545 e. The van der Waals surface area contributed by atoms with Gasteiger partial charge in [-0.05, 0) is 81.4 Å². The Kier molecular flexibility index (Phi) is 19.8. The molecule has 9 nitrogen and oxygen atoms in total. The summed E-state index contributed by atoms with van der Waals surface area (Å²) in [6.45, 7) is 30.1. The van der Waals surface area contributed by atoms with Gasteiger partial charge >= 0.3 is 0 Å². The van der Waals surface area contributed by atoms with Crippen LogP contribution in [0.4, 0.5) is 0 Å². The van der Waals surface area contributed by atoms with Gasteiger partial charge in [0, 0.05) is 0 Å². The molecule has 0 radical (unpaired) electrons. The third-order valence-electron chi connectivity index (χ3n) is 3.90. The maximum Gasteiger partial charge on any atom is 0.179 e. The molecule has 0 aromatic heterocycles. The lowest BCUT2D eigenvalue weighted by molar-refractivity contribution is -0.300. The zero-order valence-electron chi connectivity index (χ0n) is 22.1. The van der Waals surface area contributed by atoms with Crippen molar-refractivity contribution in [1.82, 2.24) is 0 Å². The minimum atomic E-state index is -1.73. The molecular formula is C27H35O9-3. The van der Waals surface area contributed by atoms with E-state index in [0.717, 1.165) is 0 Å². The van der Waals surface area contributed by atoms with Gasteiger partial charge in [-0.15, -0.1) is 0 Å². The van der Waals surface area contributed by atoms with Crippen molar-refractivity contribution in [1.29, 1.82) is 0 Å². The van der Waals surface area contributed by atoms with Crippen LogP contribution in [0.25, 0.3) is 0 Å². The van der Waals surface area contributed by atoms with Crippen molar-refractivity contribution in [3.63, 3.8) is 0 Å². The summed E-state index contributed by atoms with van der Waals surface area (Å²) in [7, 11) is 0. The molecular weight excluding hydrogens is 468 g/mol. The molecule has 0 aliphatic rings. The van der Waals surface area contributed by atoms with Gasteiger partial charge in [-0.3, -0.25) is 14.4 Å². The predicted octanol–water partition coefficient (Wildman–Crippen LogP) is 0.756. The second-order valence-electron chi connectivity index (χ2n) is 7.79. The van der Waals surface area contributed by atoms with E-state index < -0.39 is 40.7 Å². The minimum absolute atomic E-state index is 0.0648. The van der Waals surface area contributed by atoms with E-state index in [1.165, 1.54) is 41.5 Å². The van der Waals surface area contributed by atoms with Crippen LogP contribution in [0.1, 0.15) is 54.9 Å². The largest absolute Gasteiger partial charge is 0.545 e. The van der Waals surface area contributed by atoms with Gasteiger partial charge in [-0.1, -0.05) is 46.4 Å². The summed E-state index contributed by atoms with van der Waals surface area (Å²) in [5.41, 5.74) is -0.994. The lowest BCUT2D eigenvalue weighted by atomic mass is 9.68. The van der Waals surface area contributed by atoms with E-state index in [2.05, 4.69) is 39.5 Å². The van der Waals surface area contributed by atoms with Crippen molar-refractivity contribution >= 4 is 35.3 Å². The highest BCUT2D eigenvalue weighted by atomic mass is 16.4. The molecule has 0 heterocycles. The average Bonchev–Trinajstić information content (AvgIpc) is 2.74. The van der Waals surface area contributed by atoms with Gasteiger partial charge in [-0.2, -0.15) is 0 Å². The Morgan fingerprint density at radius 1 is 0.472 bits per heavy atom. The van der Waals surface area contributed by atoms with Crippen LogP contribution in [0.15, 0.2) is 72.9 Å². The lowest BCUT2D eigenvalue weighted by Crippen LogP contribution is -2.47. The molecule has 0 spiro atoms. The molecule has 0 aromatic rings. The van der Waals surface area contributed by atoms with E-state index in [1.54, 1.807) is 6.92 Å². The normalized spacial score (nSPS) is 9.08. The van der Waals surface area contributed by atoms with Gasteiger partial charge in [0.05, 0.1) is 17.9 Å². The molecule has 0 unspecified atom stereocenters. The van der Waals surface area contributed by atoms with Crippen molar-refractivity contribution in [2.45, 2.75) is 54.9 Å². The fourth-order valence-electron chi connectivity index (χ4n) is 1.88. The number of rotatable bonds is 10. The van der Waals surface area contributed by atoms with Gasteiger partial charge in [0.15, 0.2) is 22.8 Å². The van der Waals surface area contributed by atoms with E-state index in [9.17, 15) is 44.1 Å². The third kappa shape index (κ3) is 14.9. The van der Waals surface area contributed by atoms with Crippen LogP contribution in [0, 0.1) is 5.41 Å². The third-order valence-corrected chi connectivity index (χ3v) is 3.90. The fourth-order valence-corrected chi connectivity index (χ4v) is 1.88. The number of carbonyl (C=O) groups excluding carboxylic acids is 6. The standard InChI is InChI=1S/C15H20O3.3C4H6O2/c1-8-15(12(16)9(2)3,13(17)10(4)5)14(18)11(6)7;3*1-3(2)4(5)6/h2,4,6,8H2,1,3,5,7H3;3*1H2,2H3,(H,5,6)/p-3. The molecule has 0 aromatic carbocycles. The Balaban J connectivity index is -0.000000231. The number of allylic oxidation sites excluding steroid dienone is 3. The predicted molar refractivity (Wildman–Crippen MR) is 132 cm³/mol. The van der Waals surface area contributed by atoms with Crippen LogP contribution in [0.3, 0.4) is 0 Å². The van der Waals surface area contributed by atoms with Crippen molar-refractivity contribution in [2.24, 2.45) is 5.41 Å². The second kappa shape index (κ2) is 18.2. The Morgan fingerprint density at radius 2 is 0.611 bits per heavy atom. The number of carbonyl (C=O) groups is 6. The molecule has 0 saturated heterocycles. The van der Waals surface area contributed by atoms with Crippen molar-refractivity contribution in [3.05, 3.63) is 72.9 Å². The molecule has 0 aliphatic carbocycles. The first-order valence-electron chi connectivity index (χ1n) is 10.3. The molecule has 0 N–H and O–H groups in total.